The summed E-state index contributed by atoms with van der Waals surface area (Å²) in [5.74, 6) is 0. The number of rotatable bonds is 4. The van der Waals surface area contributed by atoms with Crippen LogP contribution in [0.1, 0.15) is 12.5 Å². The van der Waals surface area contributed by atoms with Crippen LogP contribution in [-0.4, -0.2) is 18.1 Å². The van der Waals surface area contributed by atoms with E-state index in [0.717, 1.165) is 6.42 Å². The monoisotopic (exact) mass is 166 g/mol. The van der Waals surface area contributed by atoms with Gasteiger partial charge in [0.15, 0.2) is 0 Å². The maximum atomic E-state index is 4.81. The smallest absolute Gasteiger partial charge is 0.0572 e. The van der Waals surface area contributed by atoms with Crippen molar-refractivity contribution in [2.24, 2.45) is 0 Å². The number of hydroxylamine groups is 1. The van der Waals surface area contributed by atoms with Gasteiger partial charge in [0.05, 0.1) is 7.11 Å². The molecule has 0 amide bonds. The van der Waals surface area contributed by atoms with Crippen molar-refractivity contribution in [2.45, 2.75) is 19.4 Å². The van der Waals surface area contributed by atoms with Gasteiger partial charge in [-0.15, -0.1) is 0 Å². The Kier molecular flexibility index (Phi) is 3.70. The summed E-state index contributed by atoms with van der Waals surface area (Å²) in [5.41, 5.74) is 4.08. The summed E-state index contributed by atoms with van der Waals surface area (Å²) in [6.07, 6.45) is 4.58. The predicted octanol–water partition coefficient (Wildman–Crippen LogP) is 1.16. The van der Waals surface area contributed by atoms with Crippen LogP contribution in [0.25, 0.3) is 0 Å². The number of hydrogen-bond acceptors (Lipinski definition) is 3. The summed E-state index contributed by atoms with van der Waals surface area (Å²) in [7, 11) is 1.62. The van der Waals surface area contributed by atoms with Crippen molar-refractivity contribution >= 4 is 0 Å². The fourth-order valence-electron chi connectivity index (χ4n) is 1.12. The molecular formula is C9H14N2O. The van der Waals surface area contributed by atoms with E-state index >= 15 is 0 Å². The molecule has 1 heterocycles. The molecule has 0 fully saturated rings. The van der Waals surface area contributed by atoms with Crippen molar-refractivity contribution in [1.29, 1.82) is 0 Å². The average Bonchev–Trinajstić information content (AvgIpc) is 2.06. The van der Waals surface area contributed by atoms with Gasteiger partial charge < -0.3 is 4.84 Å². The second kappa shape index (κ2) is 4.85. The molecule has 3 nitrogen and oxygen atoms in total. The zero-order valence-electron chi connectivity index (χ0n) is 7.45. The number of pyridine rings is 1. The standard InChI is InChI=1S/C9H14N2O/c1-8(11-12-2)6-9-4-3-5-10-7-9/h3-5,7-8,11H,6H2,1-2H3. The molecule has 0 bridgehead atoms. The molecular weight excluding hydrogens is 152 g/mol. The molecule has 0 radical (unpaired) electrons. The van der Waals surface area contributed by atoms with Gasteiger partial charge in [-0.1, -0.05) is 6.07 Å². The van der Waals surface area contributed by atoms with E-state index < -0.39 is 0 Å². The number of aromatic nitrogens is 1. The lowest BCUT2D eigenvalue weighted by Gasteiger charge is -2.10. The first-order valence-corrected chi connectivity index (χ1v) is 4.00. The third-order valence-electron chi connectivity index (χ3n) is 1.58. The first-order chi connectivity index (χ1) is 5.83. The largest absolute Gasteiger partial charge is 0.305 e. The lowest BCUT2D eigenvalue weighted by Crippen LogP contribution is -2.26. The molecule has 0 saturated heterocycles. The van der Waals surface area contributed by atoms with Crippen LogP contribution in [0.4, 0.5) is 0 Å². The fraction of sp³-hybridized carbons (Fsp3) is 0.444. The van der Waals surface area contributed by atoms with Crippen molar-refractivity contribution in [2.75, 3.05) is 7.11 Å². The molecule has 1 unspecified atom stereocenters. The number of nitrogens with zero attached hydrogens (tertiary/aromatic N) is 1. The highest BCUT2D eigenvalue weighted by molar-refractivity contribution is 5.09. The molecule has 0 aliphatic heterocycles. The molecule has 12 heavy (non-hydrogen) atoms. The van der Waals surface area contributed by atoms with E-state index in [1.807, 2.05) is 12.3 Å². The lowest BCUT2D eigenvalue weighted by atomic mass is 10.1. The lowest BCUT2D eigenvalue weighted by molar-refractivity contribution is 0.0661. The summed E-state index contributed by atoms with van der Waals surface area (Å²) < 4.78 is 0. The highest BCUT2D eigenvalue weighted by atomic mass is 16.6. The number of nitrogens with one attached hydrogen (secondary N) is 1. The van der Waals surface area contributed by atoms with Crippen molar-refractivity contribution in [3.8, 4) is 0 Å². The van der Waals surface area contributed by atoms with Crippen molar-refractivity contribution in [3.63, 3.8) is 0 Å². The van der Waals surface area contributed by atoms with Gasteiger partial charge in [0, 0.05) is 18.4 Å². The van der Waals surface area contributed by atoms with Crippen LogP contribution >= 0.6 is 0 Å². The Labute approximate surface area is 72.7 Å². The van der Waals surface area contributed by atoms with Gasteiger partial charge in [0.1, 0.15) is 0 Å². The van der Waals surface area contributed by atoms with Gasteiger partial charge in [-0.25, -0.2) is 0 Å². The van der Waals surface area contributed by atoms with Crippen LogP contribution in [0, 0.1) is 0 Å². The van der Waals surface area contributed by atoms with E-state index in [0.29, 0.717) is 6.04 Å². The quantitative estimate of drug-likeness (QED) is 0.682. The average molecular weight is 166 g/mol. The minimum atomic E-state index is 0.319. The van der Waals surface area contributed by atoms with Gasteiger partial charge in [-0.05, 0) is 25.0 Å². The topological polar surface area (TPSA) is 34.1 Å². The van der Waals surface area contributed by atoms with Crippen LogP contribution in [0.3, 0.4) is 0 Å². The maximum absolute atomic E-state index is 4.81. The molecule has 0 spiro atoms. The molecule has 1 atom stereocenters. The molecule has 66 valence electrons. The van der Waals surface area contributed by atoms with Crippen molar-refractivity contribution in [1.82, 2.24) is 10.5 Å². The van der Waals surface area contributed by atoms with E-state index in [2.05, 4.69) is 23.5 Å². The van der Waals surface area contributed by atoms with E-state index in [9.17, 15) is 0 Å². The maximum Gasteiger partial charge on any atom is 0.0572 e. The summed E-state index contributed by atoms with van der Waals surface area (Å²) >= 11 is 0. The molecule has 0 saturated carbocycles. The Morgan fingerprint density at radius 2 is 2.50 bits per heavy atom. The minimum Gasteiger partial charge on any atom is -0.305 e. The molecule has 3 heteroatoms. The highest BCUT2D eigenvalue weighted by Gasteiger charge is 2.00. The molecule has 0 aromatic carbocycles. The molecule has 0 aliphatic rings. The van der Waals surface area contributed by atoms with E-state index in [-0.39, 0.29) is 0 Å². The van der Waals surface area contributed by atoms with Gasteiger partial charge in [0.2, 0.25) is 0 Å². The van der Waals surface area contributed by atoms with Crippen LogP contribution in [0.2, 0.25) is 0 Å². The Bertz CT molecular complexity index is 213. The zero-order chi connectivity index (χ0) is 8.81. The summed E-state index contributed by atoms with van der Waals surface area (Å²) in [5, 5.41) is 0. The number of hydrogen-bond donors (Lipinski definition) is 1. The highest BCUT2D eigenvalue weighted by Crippen LogP contribution is 2.00. The Hall–Kier alpha value is -0.930. The third kappa shape index (κ3) is 2.98. The Morgan fingerprint density at radius 3 is 3.08 bits per heavy atom. The normalized spacial score (nSPS) is 12.8. The van der Waals surface area contributed by atoms with Gasteiger partial charge in [0.25, 0.3) is 0 Å². The van der Waals surface area contributed by atoms with Gasteiger partial charge >= 0.3 is 0 Å². The summed E-state index contributed by atoms with van der Waals surface area (Å²) in [6, 6.07) is 4.31. The molecule has 1 aromatic heterocycles. The predicted molar refractivity (Wildman–Crippen MR) is 47.5 cm³/mol. The van der Waals surface area contributed by atoms with Crippen LogP contribution in [0.5, 0.6) is 0 Å². The SMILES string of the molecule is CONC(C)Cc1cccnc1. The van der Waals surface area contributed by atoms with E-state index in [1.165, 1.54) is 5.56 Å². The Morgan fingerprint density at radius 1 is 1.67 bits per heavy atom. The van der Waals surface area contributed by atoms with E-state index in [1.54, 1.807) is 13.3 Å². The second-order valence-electron chi connectivity index (χ2n) is 2.79. The van der Waals surface area contributed by atoms with Crippen molar-refractivity contribution in [3.05, 3.63) is 30.1 Å². The first-order valence-electron chi connectivity index (χ1n) is 4.00. The van der Waals surface area contributed by atoms with Gasteiger partial charge in [-0.3, -0.25) is 4.98 Å². The molecule has 0 aliphatic carbocycles. The summed E-state index contributed by atoms with van der Waals surface area (Å²) in [4.78, 5) is 8.83. The van der Waals surface area contributed by atoms with Crippen LogP contribution in [-0.2, 0) is 11.3 Å². The van der Waals surface area contributed by atoms with Crippen LogP contribution < -0.4 is 5.48 Å². The van der Waals surface area contributed by atoms with Crippen LogP contribution in [0.15, 0.2) is 24.5 Å². The molecule has 1 rings (SSSR count). The second-order valence-corrected chi connectivity index (χ2v) is 2.79. The molecule has 1 N–H and O–H groups in total. The fourth-order valence-corrected chi connectivity index (χ4v) is 1.12. The minimum absolute atomic E-state index is 0.319. The summed E-state index contributed by atoms with van der Waals surface area (Å²) in [6.45, 7) is 2.07. The van der Waals surface area contributed by atoms with E-state index in [4.69, 9.17) is 4.84 Å². The zero-order valence-corrected chi connectivity index (χ0v) is 7.45. The van der Waals surface area contributed by atoms with Crippen molar-refractivity contribution < 1.29 is 4.84 Å². The first kappa shape index (κ1) is 9.16. The molecule has 1 aromatic rings. The third-order valence-corrected chi connectivity index (χ3v) is 1.58. The van der Waals surface area contributed by atoms with Gasteiger partial charge in [-0.2, -0.15) is 5.48 Å². The Balaban J connectivity index is 2.41.